The summed E-state index contributed by atoms with van der Waals surface area (Å²) < 4.78 is 11.6. The minimum absolute atomic E-state index is 0.111. The van der Waals surface area contributed by atoms with Gasteiger partial charge in [0.1, 0.15) is 18.1 Å². The van der Waals surface area contributed by atoms with Gasteiger partial charge in [0.15, 0.2) is 6.10 Å². The summed E-state index contributed by atoms with van der Waals surface area (Å²) >= 11 is 0. The molecule has 0 saturated heterocycles. The van der Waals surface area contributed by atoms with Crippen LogP contribution in [0.1, 0.15) is 39.0 Å². The molecule has 0 bridgehead atoms. The third-order valence-corrected chi connectivity index (χ3v) is 5.69. The zero-order chi connectivity index (χ0) is 21.6. The molecule has 164 valence electrons. The molecule has 1 atom stereocenters. The molecule has 3 amide bonds. The van der Waals surface area contributed by atoms with Crippen molar-refractivity contribution in [2.24, 2.45) is 0 Å². The number of carbonyl (C=O) groups excluding carboxylic acids is 2. The second-order valence-electron chi connectivity index (χ2n) is 8.03. The zero-order valence-electron chi connectivity index (χ0n) is 17.8. The van der Waals surface area contributed by atoms with E-state index in [-0.39, 0.29) is 18.0 Å². The molecule has 2 aliphatic rings. The number of carbonyl (C=O) groups is 2. The molecule has 1 aliphatic heterocycles. The molecule has 2 N–H and O–H groups in total. The molecule has 7 heteroatoms. The lowest BCUT2D eigenvalue weighted by atomic mass is 9.96. The molecule has 4 rings (SSSR count). The number of amides is 3. The van der Waals surface area contributed by atoms with Crippen molar-refractivity contribution in [3.05, 3.63) is 48.5 Å². The minimum atomic E-state index is -0.601. The van der Waals surface area contributed by atoms with Crippen LogP contribution in [0.15, 0.2) is 48.5 Å². The molecular weight excluding hydrogens is 394 g/mol. The first-order chi connectivity index (χ1) is 15.1. The number of fused-ring (bicyclic) bond motifs is 1. The van der Waals surface area contributed by atoms with E-state index in [1.165, 1.54) is 6.42 Å². The predicted octanol–water partition coefficient (Wildman–Crippen LogP) is 4.33. The summed E-state index contributed by atoms with van der Waals surface area (Å²) in [6.45, 7) is 2.50. The Balaban J connectivity index is 1.40. The Bertz CT molecular complexity index is 912. The SMILES string of the molecule is CC1Oc2cc(NC(=O)NC3CCCCC3)ccc2N(CCOc2ccccc2)C1=O. The molecule has 1 fully saturated rings. The fourth-order valence-corrected chi connectivity index (χ4v) is 4.09. The third-order valence-electron chi connectivity index (χ3n) is 5.69. The molecule has 7 nitrogen and oxygen atoms in total. The maximum absolute atomic E-state index is 12.7. The summed E-state index contributed by atoms with van der Waals surface area (Å²) in [5.41, 5.74) is 1.31. The maximum atomic E-state index is 12.7. The van der Waals surface area contributed by atoms with E-state index < -0.39 is 6.10 Å². The highest BCUT2D eigenvalue weighted by Crippen LogP contribution is 2.36. The summed E-state index contributed by atoms with van der Waals surface area (Å²) in [5.74, 6) is 1.22. The molecule has 1 saturated carbocycles. The lowest BCUT2D eigenvalue weighted by molar-refractivity contribution is -0.125. The quantitative estimate of drug-likeness (QED) is 0.725. The first-order valence-electron chi connectivity index (χ1n) is 11.0. The average Bonchev–Trinajstić information content (AvgIpc) is 2.77. The van der Waals surface area contributed by atoms with Crippen molar-refractivity contribution < 1.29 is 19.1 Å². The second kappa shape index (κ2) is 9.73. The highest BCUT2D eigenvalue weighted by molar-refractivity contribution is 6.00. The van der Waals surface area contributed by atoms with Gasteiger partial charge < -0.3 is 25.0 Å². The lowest BCUT2D eigenvalue weighted by Gasteiger charge is -2.33. The van der Waals surface area contributed by atoms with Crippen LogP contribution < -0.4 is 25.0 Å². The molecule has 1 aliphatic carbocycles. The van der Waals surface area contributed by atoms with Crippen LogP contribution >= 0.6 is 0 Å². The monoisotopic (exact) mass is 423 g/mol. The van der Waals surface area contributed by atoms with Crippen LogP contribution in [0.4, 0.5) is 16.2 Å². The van der Waals surface area contributed by atoms with Gasteiger partial charge in [0, 0.05) is 17.8 Å². The van der Waals surface area contributed by atoms with E-state index in [9.17, 15) is 9.59 Å². The van der Waals surface area contributed by atoms with Crippen LogP contribution in [-0.2, 0) is 4.79 Å². The van der Waals surface area contributed by atoms with Gasteiger partial charge in [0.25, 0.3) is 5.91 Å². The number of nitrogens with zero attached hydrogens (tertiary/aromatic N) is 1. The van der Waals surface area contributed by atoms with Crippen LogP contribution in [-0.4, -0.2) is 37.2 Å². The number of nitrogens with one attached hydrogen (secondary N) is 2. The average molecular weight is 424 g/mol. The van der Waals surface area contributed by atoms with E-state index in [1.807, 2.05) is 30.3 Å². The van der Waals surface area contributed by atoms with E-state index in [4.69, 9.17) is 9.47 Å². The summed E-state index contributed by atoms with van der Waals surface area (Å²) in [4.78, 5) is 26.7. The maximum Gasteiger partial charge on any atom is 0.319 e. The second-order valence-corrected chi connectivity index (χ2v) is 8.03. The molecular formula is C24H29N3O4. The smallest absolute Gasteiger partial charge is 0.319 e. The first-order valence-corrected chi connectivity index (χ1v) is 11.0. The van der Waals surface area contributed by atoms with Gasteiger partial charge in [-0.05, 0) is 44.0 Å². The van der Waals surface area contributed by atoms with E-state index in [0.29, 0.717) is 30.3 Å². The Hall–Kier alpha value is -3.22. The fraction of sp³-hybridized carbons (Fsp3) is 0.417. The third kappa shape index (κ3) is 5.29. The van der Waals surface area contributed by atoms with Crippen LogP contribution in [0, 0.1) is 0 Å². The van der Waals surface area contributed by atoms with Crippen molar-refractivity contribution in [1.82, 2.24) is 5.32 Å². The Kier molecular flexibility index (Phi) is 6.60. The molecule has 2 aromatic carbocycles. The normalized spacial score (nSPS) is 18.7. The topological polar surface area (TPSA) is 79.9 Å². The largest absolute Gasteiger partial charge is 0.492 e. The Morgan fingerprint density at radius 1 is 1.13 bits per heavy atom. The molecule has 1 unspecified atom stereocenters. The van der Waals surface area contributed by atoms with E-state index in [0.717, 1.165) is 31.4 Å². The zero-order valence-corrected chi connectivity index (χ0v) is 17.8. The molecule has 0 radical (unpaired) electrons. The van der Waals surface area contributed by atoms with Crippen molar-refractivity contribution in [3.63, 3.8) is 0 Å². The standard InChI is InChI=1S/C24H29N3O4/c1-17-23(28)27(14-15-30-20-10-6-3-7-11-20)21-13-12-19(16-22(21)31-17)26-24(29)25-18-8-4-2-5-9-18/h3,6-7,10-13,16-18H,2,4-5,8-9,14-15H2,1H3,(H2,25,26,29). The molecule has 31 heavy (non-hydrogen) atoms. The van der Waals surface area contributed by atoms with Gasteiger partial charge in [-0.2, -0.15) is 0 Å². The van der Waals surface area contributed by atoms with Gasteiger partial charge in [0.05, 0.1) is 12.2 Å². The van der Waals surface area contributed by atoms with Crippen LogP contribution in [0.2, 0.25) is 0 Å². The van der Waals surface area contributed by atoms with E-state index in [2.05, 4.69) is 10.6 Å². The number of hydrogen-bond donors (Lipinski definition) is 2. The van der Waals surface area contributed by atoms with Gasteiger partial charge in [-0.3, -0.25) is 4.79 Å². The summed E-state index contributed by atoms with van der Waals surface area (Å²) in [6.07, 6.45) is 5.02. The summed E-state index contributed by atoms with van der Waals surface area (Å²) in [7, 11) is 0. The molecule has 2 aromatic rings. The fourth-order valence-electron chi connectivity index (χ4n) is 4.09. The van der Waals surface area contributed by atoms with Gasteiger partial charge in [0.2, 0.25) is 0 Å². The number of ether oxygens (including phenoxy) is 2. The number of benzene rings is 2. The van der Waals surface area contributed by atoms with Crippen molar-refractivity contribution in [1.29, 1.82) is 0 Å². The van der Waals surface area contributed by atoms with Crippen molar-refractivity contribution in [3.8, 4) is 11.5 Å². The summed E-state index contributed by atoms with van der Waals surface area (Å²) in [5, 5.41) is 5.93. The van der Waals surface area contributed by atoms with Crippen LogP contribution in [0.5, 0.6) is 11.5 Å². The molecule has 0 aromatic heterocycles. The Labute approximate surface area is 182 Å². The minimum Gasteiger partial charge on any atom is -0.492 e. The highest BCUT2D eigenvalue weighted by atomic mass is 16.5. The van der Waals surface area contributed by atoms with Crippen LogP contribution in [0.3, 0.4) is 0 Å². The Morgan fingerprint density at radius 2 is 1.90 bits per heavy atom. The predicted molar refractivity (Wildman–Crippen MR) is 120 cm³/mol. The molecule has 0 spiro atoms. The van der Waals surface area contributed by atoms with Gasteiger partial charge in [-0.1, -0.05) is 37.5 Å². The Morgan fingerprint density at radius 3 is 2.68 bits per heavy atom. The van der Waals surface area contributed by atoms with Crippen molar-refractivity contribution >= 4 is 23.3 Å². The lowest BCUT2D eigenvalue weighted by Crippen LogP contribution is -2.46. The first kappa shape index (κ1) is 21.0. The number of para-hydroxylation sites is 1. The van der Waals surface area contributed by atoms with Crippen LogP contribution in [0.25, 0.3) is 0 Å². The van der Waals surface area contributed by atoms with Gasteiger partial charge in [-0.25, -0.2) is 4.79 Å². The molecule has 1 heterocycles. The van der Waals surface area contributed by atoms with Crippen molar-refractivity contribution in [2.45, 2.75) is 51.2 Å². The number of urea groups is 1. The van der Waals surface area contributed by atoms with Gasteiger partial charge in [-0.15, -0.1) is 0 Å². The summed E-state index contributed by atoms with van der Waals surface area (Å²) in [6, 6.07) is 14.9. The van der Waals surface area contributed by atoms with Gasteiger partial charge >= 0.3 is 6.03 Å². The highest BCUT2D eigenvalue weighted by Gasteiger charge is 2.31. The van der Waals surface area contributed by atoms with E-state index in [1.54, 1.807) is 30.0 Å². The van der Waals surface area contributed by atoms with E-state index >= 15 is 0 Å². The number of rotatable bonds is 6. The number of anilines is 2. The van der Waals surface area contributed by atoms with Crippen molar-refractivity contribution in [2.75, 3.05) is 23.4 Å². The number of hydrogen-bond acceptors (Lipinski definition) is 4.